The molecule has 9 rings (SSSR count). The largest absolute Gasteiger partial charge is 0.277 e. The van der Waals surface area contributed by atoms with Gasteiger partial charge >= 0.3 is 0 Å². The van der Waals surface area contributed by atoms with Crippen LogP contribution in [0.25, 0.3) is 72.8 Å². The molecular formula is C42H30N4. The molecule has 46 heavy (non-hydrogen) atoms. The summed E-state index contributed by atoms with van der Waals surface area (Å²) in [5.41, 5.74) is 14.7. The van der Waals surface area contributed by atoms with Crippen molar-refractivity contribution < 1.29 is 0 Å². The molecule has 0 unspecified atom stereocenters. The fourth-order valence-corrected chi connectivity index (χ4v) is 7.36. The summed E-state index contributed by atoms with van der Waals surface area (Å²) in [5, 5.41) is 2.35. The minimum absolute atomic E-state index is 0.607. The van der Waals surface area contributed by atoms with Crippen LogP contribution in [0.2, 0.25) is 0 Å². The van der Waals surface area contributed by atoms with Crippen molar-refractivity contribution in [1.29, 1.82) is 0 Å². The average Bonchev–Trinajstić information content (AvgIpc) is 3.65. The van der Waals surface area contributed by atoms with E-state index in [1.807, 2.05) is 36.4 Å². The van der Waals surface area contributed by atoms with Gasteiger partial charge in [0.1, 0.15) is 0 Å². The van der Waals surface area contributed by atoms with Crippen molar-refractivity contribution in [3.8, 4) is 51.0 Å². The molecule has 0 radical (unpaired) electrons. The first kappa shape index (κ1) is 26.5. The van der Waals surface area contributed by atoms with Gasteiger partial charge in [0.15, 0.2) is 11.6 Å². The summed E-state index contributed by atoms with van der Waals surface area (Å²) < 4.78 is 2.25. The van der Waals surface area contributed by atoms with Gasteiger partial charge < -0.3 is 0 Å². The maximum Gasteiger partial charge on any atom is 0.238 e. The molecule has 218 valence electrons. The molecule has 0 saturated heterocycles. The average molecular weight is 591 g/mol. The van der Waals surface area contributed by atoms with E-state index >= 15 is 0 Å². The van der Waals surface area contributed by atoms with Gasteiger partial charge in [0, 0.05) is 27.5 Å². The highest BCUT2D eigenvalue weighted by atomic mass is 15.2. The molecule has 0 spiro atoms. The van der Waals surface area contributed by atoms with Gasteiger partial charge in [-0.25, -0.2) is 4.98 Å². The Morgan fingerprint density at radius 1 is 0.543 bits per heavy atom. The van der Waals surface area contributed by atoms with Crippen LogP contribution in [0.4, 0.5) is 0 Å². The molecule has 6 aromatic carbocycles. The number of nitrogens with zero attached hydrogens (tertiary/aromatic N) is 4. The fraction of sp³-hybridized carbons (Fsp3) is 0.0714. The third-order valence-electron chi connectivity index (χ3n) is 9.43. The van der Waals surface area contributed by atoms with Crippen molar-refractivity contribution >= 4 is 21.8 Å². The number of rotatable bonds is 4. The topological polar surface area (TPSA) is 43.6 Å². The van der Waals surface area contributed by atoms with Crippen LogP contribution in [0.5, 0.6) is 0 Å². The van der Waals surface area contributed by atoms with Crippen LogP contribution in [-0.4, -0.2) is 19.5 Å². The van der Waals surface area contributed by atoms with E-state index < -0.39 is 0 Å². The molecular weight excluding hydrogens is 560 g/mol. The van der Waals surface area contributed by atoms with E-state index in [1.54, 1.807) is 0 Å². The lowest BCUT2D eigenvalue weighted by Gasteiger charge is -2.18. The molecule has 8 aromatic rings. The molecule has 4 nitrogen and oxygen atoms in total. The van der Waals surface area contributed by atoms with Gasteiger partial charge in [-0.15, -0.1) is 0 Å². The molecule has 2 heterocycles. The third-order valence-corrected chi connectivity index (χ3v) is 9.43. The Kier molecular flexibility index (Phi) is 5.97. The van der Waals surface area contributed by atoms with E-state index in [0.29, 0.717) is 17.6 Å². The molecule has 2 aromatic heterocycles. The van der Waals surface area contributed by atoms with Crippen LogP contribution in [-0.2, 0) is 6.42 Å². The Balaban J connectivity index is 1.36. The highest BCUT2D eigenvalue weighted by Gasteiger charge is 2.26. The lowest BCUT2D eigenvalue weighted by atomic mass is 9.88. The summed E-state index contributed by atoms with van der Waals surface area (Å²) in [6, 6.07) is 46.8. The van der Waals surface area contributed by atoms with Crippen molar-refractivity contribution in [2.75, 3.05) is 0 Å². The van der Waals surface area contributed by atoms with Crippen LogP contribution in [0.15, 0.2) is 133 Å². The molecule has 1 aliphatic rings. The lowest BCUT2D eigenvalue weighted by molar-refractivity contribution is 0.953. The first-order chi connectivity index (χ1) is 22.7. The van der Waals surface area contributed by atoms with Gasteiger partial charge in [-0.1, -0.05) is 127 Å². The van der Waals surface area contributed by atoms with Crippen LogP contribution >= 0.6 is 0 Å². The summed E-state index contributed by atoms with van der Waals surface area (Å²) in [7, 11) is 0. The molecule has 0 fully saturated rings. The Morgan fingerprint density at radius 3 is 1.89 bits per heavy atom. The maximum atomic E-state index is 5.18. The molecule has 4 heteroatoms. The van der Waals surface area contributed by atoms with E-state index in [1.165, 1.54) is 55.3 Å². The summed E-state index contributed by atoms with van der Waals surface area (Å²) >= 11 is 0. The first-order valence-corrected chi connectivity index (χ1v) is 15.8. The molecule has 0 N–H and O–H groups in total. The summed E-state index contributed by atoms with van der Waals surface area (Å²) in [5.74, 6) is 1.90. The number of aromatic nitrogens is 4. The summed E-state index contributed by atoms with van der Waals surface area (Å²) in [6.07, 6.45) is 0.956. The lowest BCUT2D eigenvalue weighted by Crippen LogP contribution is -2.07. The molecule has 0 atom stereocenters. The highest BCUT2D eigenvalue weighted by molar-refractivity contribution is 6.14. The molecule has 0 aliphatic heterocycles. The highest BCUT2D eigenvalue weighted by Crippen LogP contribution is 2.46. The van der Waals surface area contributed by atoms with E-state index in [9.17, 15) is 0 Å². The van der Waals surface area contributed by atoms with Crippen LogP contribution in [0.3, 0.4) is 0 Å². The van der Waals surface area contributed by atoms with Crippen molar-refractivity contribution in [3.63, 3.8) is 0 Å². The van der Waals surface area contributed by atoms with E-state index in [4.69, 9.17) is 15.0 Å². The Bertz CT molecular complexity index is 2400. The zero-order valence-electron chi connectivity index (χ0n) is 25.7. The number of aryl methyl sites for hydroxylation is 1. The zero-order chi connectivity index (χ0) is 30.8. The minimum atomic E-state index is 0.607. The predicted octanol–water partition coefficient (Wildman–Crippen LogP) is 10.2. The second-order valence-corrected chi connectivity index (χ2v) is 12.1. The number of benzene rings is 6. The standard InChI is InChI=1S/C42H30N4/c1-26-24-36-31-19-10-9-18-30(31)25-35(36)27(2)38(26)34-22-13-21-33-32-20-11-12-23-37(32)46(39(33)34)42-44-40(28-14-5-3-6-15-28)43-41(45-42)29-16-7-4-8-17-29/h3-24H,25H2,1-2H3. The normalized spacial score (nSPS) is 12.0. The number of fused-ring (bicyclic) bond motifs is 6. The van der Waals surface area contributed by atoms with Crippen molar-refractivity contribution in [2.24, 2.45) is 0 Å². The first-order valence-electron chi connectivity index (χ1n) is 15.8. The van der Waals surface area contributed by atoms with Crippen molar-refractivity contribution in [1.82, 2.24) is 19.5 Å². The summed E-state index contributed by atoms with van der Waals surface area (Å²) in [4.78, 5) is 15.3. The van der Waals surface area contributed by atoms with Crippen LogP contribution < -0.4 is 0 Å². The second kappa shape index (κ2) is 10.4. The predicted molar refractivity (Wildman–Crippen MR) is 188 cm³/mol. The SMILES string of the molecule is Cc1cc2c(c(C)c1-c1cccc3c4ccccc4n(-c4nc(-c5ccccc5)nc(-c5ccccc5)n4)c13)Cc1ccccc1-2. The van der Waals surface area contributed by atoms with E-state index in [0.717, 1.165) is 28.6 Å². The van der Waals surface area contributed by atoms with E-state index in [-0.39, 0.29) is 0 Å². The van der Waals surface area contributed by atoms with Crippen molar-refractivity contribution in [3.05, 3.63) is 156 Å². The van der Waals surface area contributed by atoms with Gasteiger partial charge in [-0.05, 0) is 65.3 Å². The molecule has 1 aliphatic carbocycles. The molecule has 0 saturated carbocycles. The van der Waals surface area contributed by atoms with Gasteiger partial charge in [0.05, 0.1) is 11.0 Å². The van der Waals surface area contributed by atoms with Gasteiger partial charge in [0.2, 0.25) is 5.95 Å². The maximum absolute atomic E-state index is 5.18. The Hall–Kier alpha value is -5.87. The third kappa shape index (κ3) is 4.04. The van der Waals surface area contributed by atoms with Gasteiger partial charge in [0.25, 0.3) is 0 Å². The van der Waals surface area contributed by atoms with Gasteiger partial charge in [-0.3, -0.25) is 4.57 Å². The monoisotopic (exact) mass is 590 g/mol. The molecule has 0 amide bonds. The summed E-state index contributed by atoms with van der Waals surface area (Å²) in [6.45, 7) is 4.54. The van der Waals surface area contributed by atoms with Crippen LogP contribution in [0, 0.1) is 13.8 Å². The van der Waals surface area contributed by atoms with Crippen LogP contribution in [0.1, 0.15) is 22.3 Å². The Morgan fingerprint density at radius 2 is 1.15 bits per heavy atom. The smallest absolute Gasteiger partial charge is 0.238 e. The number of hydrogen-bond acceptors (Lipinski definition) is 3. The van der Waals surface area contributed by atoms with E-state index in [2.05, 4.69) is 115 Å². The fourth-order valence-electron chi connectivity index (χ4n) is 7.36. The number of para-hydroxylation sites is 2. The quantitative estimate of drug-likeness (QED) is 0.205. The Labute approximate surface area is 267 Å². The minimum Gasteiger partial charge on any atom is -0.277 e. The van der Waals surface area contributed by atoms with Gasteiger partial charge in [-0.2, -0.15) is 9.97 Å². The number of hydrogen-bond donors (Lipinski definition) is 0. The second-order valence-electron chi connectivity index (χ2n) is 12.1. The van der Waals surface area contributed by atoms with Crippen molar-refractivity contribution in [2.45, 2.75) is 20.3 Å². The molecule has 0 bridgehead atoms. The zero-order valence-corrected chi connectivity index (χ0v) is 25.7.